The lowest BCUT2D eigenvalue weighted by atomic mass is 10.1. The summed E-state index contributed by atoms with van der Waals surface area (Å²) in [5.74, 6) is -0.0795. The third-order valence-electron chi connectivity index (χ3n) is 3.66. The van der Waals surface area contributed by atoms with Crippen molar-refractivity contribution in [3.05, 3.63) is 35.9 Å². The lowest BCUT2D eigenvalue weighted by Gasteiger charge is -2.33. The van der Waals surface area contributed by atoms with Gasteiger partial charge in [-0.15, -0.1) is 0 Å². The maximum Gasteiger partial charge on any atom is 0.407 e. The maximum atomic E-state index is 11.9. The minimum absolute atomic E-state index is 0.0795. The third-order valence-corrected chi connectivity index (χ3v) is 3.66. The topological polar surface area (TPSA) is 84.7 Å². The van der Waals surface area contributed by atoms with Crippen LogP contribution in [0, 0.1) is 0 Å². The van der Waals surface area contributed by atoms with E-state index in [4.69, 9.17) is 10.5 Å². The smallest absolute Gasteiger partial charge is 0.407 e. The highest BCUT2D eigenvalue weighted by Crippen LogP contribution is 2.11. The van der Waals surface area contributed by atoms with Crippen LogP contribution in [0.4, 0.5) is 4.79 Å². The molecule has 2 atom stereocenters. The van der Waals surface area contributed by atoms with Crippen LogP contribution < -0.4 is 11.1 Å². The maximum absolute atomic E-state index is 11.9. The Balaban J connectivity index is 1.77. The number of ether oxygens (including phenoxy) is 1. The Bertz CT molecular complexity index is 505. The van der Waals surface area contributed by atoms with E-state index in [0.29, 0.717) is 13.1 Å². The number of hydrogen-bond acceptors (Lipinski definition) is 4. The van der Waals surface area contributed by atoms with Gasteiger partial charge in [0.05, 0.1) is 6.04 Å². The first-order valence-corrected chi connectivity index (χ1v) is 7.58. The fourth-order valence-corrected chi connectivity index (χ4v) is 2.51. The molecule has 6 heteroatoms. The minimum Gasteiger partial charge on any atom is -0.445 e. The van der Waals surface area contributed by atoms with Crippen molar-refractivity contribution in [3.63, 3.8) is 0 Å². The van der Waals surface area contributed by atoms with E-state index in [1.54, 1.807) is 11.8 Å². The second kappa shape index (κ2) is 7.79. The van der Waals surface area contributed by atoms with Crippen molar-refractivity contribution in [1.29, 1.82) is 0 Å². The number of piperidine rings is 1. The highest BCUT2D eigenvalue weighted by atomic mass is 16.5. The normalized spacial score (nSPS) is 19.4. The van der Waals surface area contributed by atoms with Crippen molar-refractivity contribution in [1.82, 2.24) is 10.2 Å². The first kappa shape index (κ1) is 16.3. The Morgan fingerprint density at radius 1 is 1.41 bits per heavy atom. The van der Waals surface area contributed by atoms with E-state index in [0.717, 1.165) is 18.4 Å². The first-order chi connectivity index (χ1) is 10.6. The number of likely N-dealkylation sites (tertiary alicyclic amines) is 1. The van der Waals surface area contributed by atoms with Gasteiger partial charge in [-0.3, -0.25) is 4.79 Å². The number of nitrogens with zero attached hydrogens (tertiary/aromatic N) is 1. The second-order valence-corrected chi connectivity index (χ2v) is 5.62. The molecule has 0 bridgehead atoms. The van der Waals surface area contributed by atoms with Crippen LogP contribution in [-0.2, 0) is 16.1 Å². The summed E-state index contributed by atoms with van der Waals surface area (Å²) in [5, 5.41) is 2.82. The molecule has 3 N–H and O–H groups in total. The monoisotopic (exact) mass is 305 g/mol. The zero-order chi connectivity index (χ0) is 15.9. The number of carbonyl (C=O) groups excluding carboxylic acids is 2. The number of nitrogens with one attached hydrogen (secondary N) is 1. The van der Waals surface area contributed by atoms with Crippen LogP contribution in [0.5, 0.6) is 0 Å². The molecule has 0 radical (unpaired) electrons. The van der Waals surface area contributed by atoms with E-state index < -0.39 is 12.1 Å². The van der Waals surface area contributed by atoms with Gasteiger partial charge in [0.15, 0.2) is 0 Å². The van der Waals surface area contributed by atoms with E-state index in [9.17, 15) is 9.59 Å². The van der Waals surface area contributed by atoms with E-state index >= 15 is 0 Å². The van der Waals surface area contributed by atoms with Gasteiger partial charge in [0, 0.05) is 19.1 Å². The van der Waals surface area contributed by atoms with Gasteiger partial charge in [-0.2, -0.15) is 0 Å². The molecule has 120 valence electrons. The van der Waals surface area contributed by atoms with Crippen LogP contribution in [0.15, 0.2) is 30.3 Å². The fraction of sp³-hybridized carbons (Fsp3) is 0.500. The molecule has 2 rings (SSSR count). The molecule has 1 aliphatic rings. The Morgan fingerprint density at radius 2 is 2.14 bits per heavy atom. The Morgan fingerprint density at radius 3 is 2.82 bits per heavy atom. The molecule has 22 heavy (non-hydrogen) atoms. The van der Waals surface area contributed by atoms with Crippen molar-refractivity contribution in [3.8, 4) is 0 Å². The summed E-state index contributed by atoms with van der Waals surface area (Å²) in [5.41, 5.74) is 6.56. The molecule has 1 aromatic rings. The molecule has 1 fully saturated rings. The van der Waals surface area contributed by atoms with Crippen LogP contribution in [0.2, 0.25) is 0 Å². The quantitative estimate of drug-likeness (QED) is 0.877. The molecule has 0 aromatic heterocycles. The lowest BCUT2D eigenvalue weighted by molar-refractivity contribution is -0.133. The lowest BCUT2D eigenvalue weighted by Crippen LogP contribution is -2.52. The average Bonchev–Trinajstić information content (AvgIpc) is 2.53. The Labute approximate surface area is 130 Å². The van der Waals surface area contributed by atoms with Crippen molar-refractivity contribution >= 4 is 12.0 Å². The molecule has 0 unspecified atom stereocenters. The Kier molecular flexibility index (Phi) is 5.77. The van der Waals surface area contributed by atoms with Crippen molar-refractivity contribution < 1.29 is 14.3 Å². The predicted molar refractivity (Wildman–Crippen MR) is 83.0 cm³/mol. The zero-order valence-corrected chi connectivity index (χ0v) is 12.8. The number of nitrogens with two attached hydrogens (primary N) is 1. The summed E-state index contributed by atoms with van der Waals surface area (Å²) >= 11 is 0. The van der Waals surface area contributed by atoms with E-state index in [1.165, 1.54) is 0 Å². The molecule has 0 saturated carbocycles. The predicted octanol–water partition coefficient (Wildman–Crippen LogP) is 1.25. The molecule has 6 nitrogen and oxygen atoms in total. The molecule has 1 aliphatic heterocycles. The Hall–Kier alpha value is -2.08. The molecule has 2 amide bonds. The van der Waals surface area contributed by atoms with E-state index in [1.807, 2.05) is 30.3 Å². The van der Waals surface area contributed by atoms with Gasteiger partial charge in [0.1, 0.15) is 6.61 Å². The van der Waals surface area contributed by atoms with Gasteiger partial charge in [0.2, 0.25) is 5.91 Å². The zero-order valence-electron chi connectivity index (χ0n) is 12.8. The largest absolute Gasteiger partial charge is 0.445 e. The summed E-state index contributed by atoms with van der Waals surface area (Å²) in [7, 11) is 0. The van der Waals surface area contributed by atoms with Crippen molar-refractivity contribution in [2.75, 3.05) is 13.1 Å². The van der Waals surface area contributed by atoms with Gasteiger partial charge in [-0.1, -0.05) is 30.3 Å². The first-order valence-electron chi connectivity index (χ1n) is 7.58. The average molecular weight is 305 g/mol. The summed E-state index contributed by atoms with van der Waals surface area (Å²) in [6.07, 6.45) is 1.23. The fourth-order valence-electron chi connectivity index (χ4n) is 2.51. The second-order valence-electron chi connectivity index (χ2n) is 5.62. The number of alkyl carbamates (subject to hydrolysis) is 1. The van der Waals surface area contributed by atoms with E-state index in [-0.39, 0.29) is 18.6 Å². The number of carbonyl (C=O) groups is 2. The number of hydrogen-bond donors (Lipinski definition) is 2. The van der Waals surface area contributed by atoms with Crippen LogP contribution in [0.1, 0.15) is 25.3 Å². The summed E-state index contributed by atoms with van der Waals surface area (Å²) in [6, 6.07) is 8.91. The van der Waals surface area contributed by atoms with Gasteiger partial charge in [-0.05, 0) is 25.3 Å². The molecule has 0 spiro atoms. The molecular weight excluding hydrogens is 282 g/mol. The van der Waals surface area contributed by atoms with Gasteiger partial charge < -0.3 is 20.7 Å². The highest BCUT2D eigenvalue weighted by Gasteiger charge is 2.26. The van der Waals surface area contributed by atoms with Crippen LogP contribution in [0.25, 0.3) is 0 Å². The van der Waals surface area contributed by atoms with Crippen molar-refractivity contribution in [2.24, 2.45) is 5.73 Å². The van der Waals surface area contributed by atoms with Crippen LogP contribution in [0.3, 0.4) is 0 Å². The van der Waals surface area contributed by atoms with Gasteiger partial charge >= 0.3 is 6.09 Å². The van der Waals surface area contributed by atoms with Gasteiger partial charge in [-0.25, -0.2) is 4.79 Å². The third kappa shape index (κ3) is 4.73. The molecule has 1 heterocycles. The molecule has 1 aromatic carbocycles. The molecule has 1 saturated heterocycles. The number of benzene rings is 1. The van der Waals surface area contributed by atoms with Gasteiger partial charge in [0.25, 0.3) is 0 Å². The van der Waals surface area contributed by atoms with Crippen LogP contribution >= 0.6 is 0 Å². The van der Waals surface area contributed by atoms with E-state index in [2.05, 4.69) is 5.32 Å². The summed E-state index contributed by atoms with van der Waals surface area (Å²) in [4.78, 5) is 25.4. The minimum atomic E-state index is -0.510. The molecular formula is C16H23N3O3. The summed E-state index contributed by atoms with van der Waals surface area (Å²) < 4.78 is 5.20. The number of rotatable bonds is 4. The molecule has 0 aliphatic carbocycles. The van der Waals surface area contributed by atoms with Crippen molar-refractivity contribution in [2.45, 2.75) is 38.5 Å². The number of amides is 2. The standard InChI is InChI=1S/C16H23N3O3/c1-12(17)15(20)19-9-5-8-14(10-19)18-16(21)22-11-13-6-3-2-4-7-13/h2-4,6-7,12,14H,5,8-11,17H2,1H3,(H,18,21)/t12-,14-/m0/s1. The SMILES string of the molecule is C[C@H](N)C(=O)N1CCC[C@H](NC(=O)OCc2ccccc2)C1. The summed E-state index contributed by atoms with van der Waals surface area (Å²) in [6.45, 7) is 3.09. The highest BCUT2D eigenvalue weighted by molar-refractivity contribution is 5.81. The van der Waals surface area contributed by atoms with Crippen LogP contribution in [-0.4, -0.2) is 42.1 Å².